The maximum Gasteiger partial charge on any atom is 0.292 e. The van der Waals surface area contributed by atoms with Crippen LogP contribution in [0.15, 0.2) is 220 Å². The lowest BCUT2D eigenvalue weighted by atomic mass is 10.0. The Balaban J connectivity index is 0.000000143. The topological polar surface area (TPSA) is 364 Å². The Labute approximate surface area is 541 Å². The third kappa shape index (κ3) is 21.5. The van der Waals surface area contributed by atoms with Crippen molar-refractivity contribution in [2.45, 2.75) is 52.0 Å². The molecule has 26 nitrogen and oxygen atoms in total. The van der Waals surface area contributed by atoms with Crippen LogP contribution in [0.1, 0.15) is 53.1 Å². The summed E-state index contributed by atoms with van der Waals surface area (Å²) in [7, 11) is 0. The number of aromatic nitrogens is 10. The zero-order chi connectivity index (χ0) is 66.0. The van der Waals surface area contributed by atoms with Gasteiger partial charge >= 0.3 is 0 Å². The highest BCUT2D eigenvalue weighted by Gasteiger charge is 2.49. The van der Waals surface area contributed by atoms with E-state index in [0.29, 0.717) is 51.9 Å². The largest absolute Gasteiger partial charge is 0.444 e. The fraction of sp³-hybridized carbons (Fsp3) is 0.138. The number of piperidine rings is 1. The zero-order valence-electron chi connectivity index (χ0n) is 49.9. The molecule has 1 saturated carbocycles. The van der Waals surface area contributed by atoms with Crippen molar-refractivity contribution in [1.29, 1.82) is 0 Å². The summed E-state index contributed by atoms with van der Waals surface area (Å²) in [5.41, 5.74) is 14.5. The minimum absolute atomic E-state index is 0.00174. The number of aryl methyl sites for hydroxylation is 3. The van der Waals surface area contributed by atoms with Crippen molar-refractivity contribution >= 4 is 75.6 Å². The van der Waals surface area contributed by atoms with E-state index in [0.717, 1.165) is 94.6 Å². The number of anilines is 5. The van der Waals surface area contributed by atoms with Crippen LogP contribution in [0.25, 0.3) is 45.3 Å². The molecule has 93 heavy (non-hydrogen) atoms. The van der Waals surface area contributed by atoms with Gasteiger partial charge in [0.15, 0.2) is 48.0 Å². The van der Waals surface area contributed by atoms with E-state index in [-0.39, 0.29) is 22.3 Å². The molecule has 0 amide bonds. The summed E-state index contributed by atoms with van der Waals surface area (Å²) in [6.07, 6.45) is 20.2. The van der Waals surface area contributed by atoms with Gasteiger partial charge in [0.2, 0.25) is 17.2 Å². The molecule has 472 valence electrons. The van der Waals surface area contributed by atoms with Gasteiger partial charge in [0.25, 0.3) is 16.7 Å². The summed E-state index contributed by atoms with van der Waals surface area (Å²) in [5, 5.41) is 30.7. The van der Waals surface area contributed by atoms with Crippen molar-refractivity contribution in [1.82, 2.24) is 55.2 Å². The standard InChI is InChI=1S/C14H11ClN4O.C14H12N4O.C9H6N2O3.C9H8N2O.C7H5NO3.C7H11NO.C5H5ClN2/c1-9-5-6-16-14(18-9)19-11-4-2-3-10(7-11)12-8-17-13(15)20-12;1-10-5-6-16-14(17-10)18-12-4-2-3-11(7-12)13-8-15-9-19-13;12-11(13)8-3-1-2-7(4-8)9-5-10-6-14-9;10-8-3-1-2-7(4-8)9-5-11-6-12-9;9-5-6-2-1-3-7(4-6)8(10)11;9-6-2-1-5-8-7(6)3-4-7;1-4-2-3-7-5(6)8-4/h2-8H,1H3,(H,16,18,19);2-9H,1H3,(H,16,17,18);1-6H;1-6H,10H2;1-5H;8H,1-5H2;2-3H,1H3. The number of benzene rings is 5. The van der Waals surface area contributed by atoms with Crippen LogP contribution in [0.4, 0.5) is 40.3 Å². The van der Waals surface area contributed by atoms with Gasteiger partial charge in [-0.05, 0) is 124 Å². The number of nitrogens with two attached hydrogens (primary N) is 1. The van der Waals surface area contributed by atoms with E-state index in [2.05, 4.69) is 65.8 Å². The molecule has 1 aliphatic carbocycles. The molecule has 2 aliphatic rings. The molecule has 12 aromatic rings. The van der Waals surface area contributed by atoms with Gasteiger partial charge in [-0.1, -0.05) is 60.7 Å². The monoisotopic (exact) mass is 1290 g/mol. The Hall–Kier alpha value is -11.7. The number of carbonyl (C=O) groups is 2. The quantitative estimate of drug-likeness (QED) is 0.0307. The first kappa shape index (κ1) is 67.2. The molecule has 7 aromatic heterocycles. The molecule has 5 N–H and O–H groups in total. The van der Waals surface area contributed by atoms with E-state index >= 15 is 0 Å². The molecule has 0 bridgehead atoms. The lowest BCUT2D eigenvalue weighted by Crippen LogP contribution is -2.43. The van der Waals surface area contributed by atoms with E-state index in [4.69, 9.17) is 46.6 Å². The third-order valence-corrected chi connectivity index (χ3v) is 13.4. The maximum absolute atomic E-state index is 11.1. The molecule has 1 aliphatic heterocycles. The van der Waals surface area contributed by atoms with Gasteiger partial charge in [-0.25, -0.2) is 49.8 Å². The molecule has 2 fully saturated rings. The lowest BCUT2D eigenvalue weighted by Gasteiger charge is -2.20. The van der Waals surface area contributed by atoms with Crippen LogP contribution in [0.2, 0.25) is 10.6 Å². The van der Waals surface area contributed by atoms with Crippen molar-refractivity contribution in [3.63, 3.8) is 0 Å². The van der Waals surface area contributed by atoms with Gasteiger partial charge in [-0.2, -0.15) is 0 Å². The number of rotatable bonds is 11. The lowest BCUT2D eigenvalue weighted by molar-refractivity contribution is -0.385. The highest BCUT2D eigenvalue weighted by atomic mass is 35.5. The van der Waals surface area contributed by atoms with E-state index in [1.807, 2.05) is 106 Å². The molecule has 1 spiro atoms. The Kier molecular flexibility index (Phi) is 24.4. The number of hydrogen-bond acceptors (Lipinski definition) is 24. The first-order valence-corrected chi connectivity index (χ1v) is 28.9. The highest BCUT2D eigenvalue weighted by molar-refractivity contribution is 6.28. The van der Waals surface area contributed by atoms with E-state index < -0.39 is 9.85 Å². The predicted octanol–water partition coefficient (Wildman–Crippen LogP) is 14.5. The minimum atomic E-state index is -0.535. The predicted molar refractivity (Wildman–Crippen MR) is 348 cm³/mol. The first-order valence-electron chi connectivity index (χ1n) is 28.2. The number of ketones is 1. The second-order valence-corrected chi connectivity index (χ2v) is 20.6. The second-order valence-electron chi connectivity index (χ2n) is 19.9. The van der Waals surface area contributed by atoms with Crippen LogP contribution < -0.4 is 21.7 Å². The van der Waals surface area contributed by atoms with Crippen LogP contribution in [0, 0.1) is 41.0 Å². The number of nitro benzene ring substituents is 2. The molecule has 1 saturated heterocycles. The number of nitrogens with one attached hydrogen (secondary N) is 3. The van der Waals surface area contributed by atoms with E-state index in [9.17, 15) is 29.8 Å². The summed E-state index contributed by atoms with van der Waals surface area (Å²) < 4.78 is 20.7. The van der Waals surface area contributed by atoms with Crippen molar-refractivity contribution in [3.05, 3.63) is 256 Å². The van der Waals surface area contributed by atoms with E-state index in [1.54, 1.807) is 55.4 Å². The number of oxazole rings is 4. The minimum Gasteiger partial charge on any atom is -0.444 e. The normalized spacial score (nSPS) is 12.0. The average Bonchev–Trinajstić information content (AvgIpc) is 1.65. The van der Waals surface area contributed by atoms with Gasteiger partial charge in [-0.15, -0.1) is 0 Å². The van der Waals surface area contributed by atoms with Crippen LogP contribution in [0.3, 0.4) is 0 Å². The van der Waals surface area contributed by atoms with Crippen molar-refractivity contribution < 1.29 is 37.1 Å². The molecule has 8 heterocycles. The van der Waals surface area contributed by atoms with Gasteiger partial charge < -0.3 is 39.4 Å². The Bertz CT molecular complexity index is 4350. The summed E-state index contributed by atoms with van der Waals surface area (Å²) in [6.45, 7) is 6.76. The molecule has 0 radical (unpaired) electrons. The first-order chi connectivity index (χ1) is 45.0. The number of Topliss-reactive ketones (excluding diaryl/α,β-unsaturated/α-hetero) is 1. The van der Waals surface area contributed by atoms with Crippen LogP contribution in [-0.4, -0.2) is 83.8 Å². The molecule has 5 aromatic carbocycles. The summed E-state index contributed by atoms with van der Waals surface area (Å²) in [6, 6.07) is 40.2. The number of nitrogens with zero attached hydrogens (tertiary/aromatic N) is 12. The SMILES string of the molecule is Cc1ccnc(Cl)n1.Cc1ccnc(Nc2cccc(-c3cnc(Cl)o3)c2)n1.Cc1ccnc(Nc2cccc(-c3cnco3)c2)n1.Nc1cccc(-c2cnco2)c1.O=C1CCCNC12CC2.O=Cc1cccc([N+](=O)[O-])c1.O=[N+]([O-])c1cccc(-c2cnco2)c1. The van der Waals surface area contributed by atoms with Gasteiger partial charge in [0.1, 0.15) is 6.29 Å². The maximum atomic E-state index is 11.1. The van der Waals surface area contributed by atoms with E-state index in [1.165, 1.54) is 61.8 Å². The third-order valence-electron chi connectivity index (χ3n) is 13.0. The molecule has 0 atom stereocenters. The van der Waals surface area contributed by atoms with Gasteiger partial charge in [-0.3, -0.25) is 29.8 Å². The van der Waals surface area contributed by atoms with Crippen LogP contribution in [0.5, 0.6) is 0 Å². The zero-order valence-corrected chi connectivity index (χ0v) is 51.5. The van der Waals surface area contributed by atoms with Crippen molar-refractivity contribution in [2.75, 3.05) is 22.9 Å². The fourth-order valence-corrected chi connectivity index (χ4v) is 8.65. The molecule has 0 unspecified atom stereocenters. The fourth-order valence-electron chi connectivity index (χ4n) is 8.33. The highest BCUT2D eigenvalue weighted by Crippen LogP contribution is 2.39. The molecule has 28 heteroatoms. The summed E-state index contributed by atoms with van der Waals surface area (Å²) in [4.78, 5) is 80.7. The Morgan fingerprint density at radius 1 is 0.570 bits per heavy atom. The van der Waals surface area contributed by atoms with Crippen molar-refractivity contribution in [2.24, 2.45) is 0 Å². The Morgan fingerprint density at radius 3 is 1.46 bits per heavy atom. The number of nitro groups is 2. The number of hydrogen-bond donors (Lipinski definition) is 4. The van der Waals surface area contributed by atoms with Crippen LogP contribution in [-0.2, 0) is 4.79 Å². The summed E-state index contributed by atoms with van der Waals surface area (Å²) in [5.74, 6) is 4.19. The number of carbonyl (C=O) groups excluding carboxylic acids is 2. The number of aldehydes is 1. The molecule has 14 rings (SSSR count). The molecular formula is C65H58Cl2N16O10. The number of nitrogen functional groups attached to an aromatic ring is 1. The van der Waals surface area contributed by atoms with Crippen LogP contribution >= 0.6 is 23.2 Å². The van der Waals surface area contributed by atoms with Gasteiger partial charge in [0.05, 0.1) is 40.2 Å². The summed E-state index contributed by atoms with van der Waals surface area (Å²) >= 11 is 11.1. The number of halogens is 2. The Morgan fingerprint density at radius 2 is 1.04 bits per heavy atom. The smallest absolute Gasteiger partial charge is 0.292 e. The second kappa shape index (κ2) is 33.7. The van der Waals surface area contributed by atoms with Gasteiger partial charge in [0, 0.05) is 111 Å². The average molecular weight is 1290 g/mol. The molecular weight excluding hydrogens is 1240 g/mol. The van der Waals surface area contributed by atoms with Crippen molar-refractivity contribution in [3.8, 4) is 45.3 Å². The number of non-ortho nitro benzene ring substituents is 2.